The molecule has 0 aliphatic carbocycles. The number of unbranched alkanes of at least 4 members (excludes halogenated alkanes) is 2. The monoisotopic (exact) mass is 199 g/mol. The van der Waals surface area contributed by atoms with Crippen LogP contribution in [0.15, 0.2) is 0 Å². The number of rotatable bonds is 9. The van der Waals surface area contributed by atoms with Crippen molar-refractivity contribution < 1.29 is 0 Å². The molecule has 0 aromatic carbocycles. The van der Waals surface area contributed by atoms with Gasteiger partial charge in [-0.05, 0) is 18.8 Å². The van der Waals surface area contributed by atoms with Crippen LogP contribution >= 0.6 is 0 Å². The Morgan fingerprint density at radius 1 is 0.929 bits per heavy atom. The molecule has 0 radical (unpaired) electrons. The summed E-state index contributed by atoms with van der Waals surface area (Å²) in [6.07, 6.45) is 10.6. The van der Waals surface area contributed by atoms with Crippen LogP contribution in [0.4, 0.5) is 0 Å². The van der Waals surface area contributed by atoms with E-state index in [1.54, 1.807) is 0 Å². The summed E-state index contributed by atoms with van der Waals surface area (Å²) in [6, 6.07) is 0.438. The number of hydrogen-bond donors (Lipinski definition) is 1. The second-order valence-electron chi connectivity index (χ2n) is 4.55. The van der Waals surface area contributed by atoms with Crippen molar-refractivity contribution in [2.45, 2.75) is 78.2 Å². The fourth-order valence-electron chi connectivity index (χ4n) is 2.07. The molecule has 0 aromatic heterocycles. The predicted octanol–water partition coefficient (Wildman–Crippen LogP) is 4.11. The van der Waals surface area contributed by atoms with Crippen molar-refractivity contribution in [3.05, 3.63) is 0 Å². The fourth-order valence-corrected chi connectivity index (χ4v) is 2.07. The normalized spacial score (nSPS) is 15.4. The van der Waals surface area contributed by atoms with Gasteiger partial charge in [-0.25, -0.2) is 0 Å². The van der Waals surface area contributed by atoms with Crippen LogP contribution in [0.2, 0.25) is 0 Å². The van der Waals surface area contributed by atoms with Crippen molar-refractivity contribution in [2.75, 3.05) is 0 Å². The molecule has 0 aliphatic heterocycles. The Bertz CT molecular complexity index is 112. The Hall–Kier alpha value is -0.0400. The minimum absolute atomic E-state index is 0.438. The summed E-state index contributed by atoms with van der Waals surface area (Å²) in [7, 11) is 0. The molecule has 0 fully saturated rings. The summed E-state index contributed by atoms with van der Waals surface area (Å²) in [5.74, 6) is 0.890. The Labute approximate surface area is 90.5 Å². The number of hydrogen-bond acceptors (Lipinski definition) is 1. The largest absolute Gasteiger partial charge is 0.328 e. The van der Waals surface area contributed by atoms with E-state index in [2.05, 4.69) is 20.8 Å². The lowest BCUT2D eigenvalue weighted by molar-refractivity contribution is 0.362. The average molecular weight is 199 g/mol. The van der Waals surface area contributed by atoms with Crippen LogP contribution in [-0.2, 0) is 0 Å². The van der Waals surface area contributed by atoms with Gasteiger partial charge in [0, 0.05) is 6.04 Å². The third-order valence-corrected chi connectivity index (χ3v) is 3.07. The third kappa shape index (κ3) is 7.37. The second kappa shape index (κ2) is 9.51. The van der Waals surface area contributed by atoms with Gasteiger partial charge in [-0.15, -0.1) is 0 Å². The van der Waals surface area contributed by atoms with E-state index in [1.165, 1.54) is 44.9 Å². The molecule has 86 valence electrons. The molecule has 0 saturated carbocycles. The van der Waals surface area contributed by atoms with Crippen LogP contribution in [-0.4, -0.2) is 6.04 Å². The molecule has 2 atom stereocenters. The van der Waals surface area contributed by atoms with E-state index >= 15 is 0 Å². The highest BCUT2D eigenvalue weighted by molar-refractivity contribution is 4.67. The van der Waals surface area contributed by atoms with Crippen LogP contribution in [0.3, 0.4) is 0 Å². The van der Waals surface area contributed by atoms with E-state index in [4.69, 9.17) is 5.73 Å². The zero-order valence-electron chi connectivity index (χ0n) is 10.4. The van der Waals surface area contributed by atoms with E-state index in [9.17, 15) is 0 Å². The Balaban J connectivity index is 3.65. The lowest BCUT2D eigenvalue weighted by Gasteiger charge is -2.19. The average Bonchev–Trinajstić information content (AvgIpc) is 2.18. The van der Waals surface area contributed by atoms with Crippen LogP contribution < -0.4 is 5.73 Å². The molecule has 0 heterocycles. The van der Waals surface area contributed by atoms with Crippen LogP contribution in [0, 0.1) is 5.92 Å². The third-order valence-electron chi connectivity index (χ3n) is 3.07. The van der Waals surface area contributed by atoms with Gasteiger partial charge in [-0.2, -0.15) is 0 Å². The molecule has 1 nitrogen and oxygen atoms in total. The second-order valence-corrected chi connectivity index (χ2v) is 4.55. The Morgan fingerprint density at radius 3 is 2.14 bits per heavy atom. The highest BCUT2D eigenvalue weighted by Crippen LogP contribution is 2.21. The smallest absolute Gasteiger partial charge is 0.00388 e. The molecule has 0 saturated heterocycles. The van der Waals surface area contributed by atoms with E-state index in [-0.39, 0.29) is 0 Å². The van der Waals surface area contributed by atoms with Gasteiger partial charge < -0.3 is 5.73 Å². The van der Waals surface area contributed by atoms with Crippen molar-refractivity contribution in [1.82, 2.24) is 0 Å². The van der Waals surface area contributed by atoms with Crippen LogP contribution in [0.5, 0.6) is 0 Å². The quantitative estimate of drug-likeness (QED) is 0.556. The predicted molar refractivity (Wildman–Crippen MR) is 65.4 cm³/mol. The molecule has 0 amide bonds. The zero-order valence-corrected chi connectivity index (χ0v) is 10.4. The summed E-state index contributed by atoms with van der Waals surface area (Å²) >= 11 is 0. The van der Waals surface area contributed by atoms with Gasteiger partial charge in [0.05, 0.1) is 0 Å². The molecular formula is C13H29N. The molecule has 0 bridgehead atoms. The van der Waals surface area contributed by atoms with Crippen molar-refractivity contribution in [1.29, 1.82) is 0 Å². The number of nitrogens with two attached hydrogens (primary N) is 1. The standard InChI is InChI=1S/C13H29N/c1-4-7-8-10-12(9-5-2)11-13(14)6-3/h12-13H,4-11,14H2,1-3H3. The highest BCUT2D eigenvalue weighted by atomic mass is 14.6. The van der Waals surface area contributed by atoms with E-state index in [1.807, 2.05) is 0 Å². The first-order valence-electron chi connectivity index (χ1n) is 6.50. The first kappa shape index (κ1) is 14.0. The van der Waals surface area contributed by atoms with Crippen molar-refractivity contribution in [3.63, 3.8) is 0 Å². The van der Waals surface area contributed by atoms with Crippen molar-refractivity contribution in [2.24, 2.45) is 11.7 Å². The molecule has 14 heavy (non-hydrogen) atoms. The molecule has 2 N–H and O–H groups in total. The lowest BCUT2D eigenvalue weighted by atomic mass is 9.90. The molecule has 1 heteroatoms. The van der Waals surface area contributed by atoms with Gasteiger partial charge in [0.1, 0.15) is 0 Å². The van der Waals surface area contributed by atoms with Gasteiger partial charge in [0.25, 0.3) is 0 Å². The Morgan fingerprint density at radius 2 is 1.64 bits per heavy atom. The van der Waals surface area contributed by atoms with Gasteiger partial charge >= 0.3 is 0 Å². The first-order valence-corrected chi connectivity index (χ1v) is 6.50. The minimum atomic E-state index is 0.438. The minimum Gasteiger partial charge on any atom is -0.328 e. The SMILES string of the molecule is CCCCCC(CCC)CC(N)CC. The first-order chi connectivity index (χ1) is 6.74. The van der Waals surface area contributed by atoms with E-state index in [0.717, 1.165) is 12.3 Å². The van der Waals surface area contributed by atoms with Gasteiger partial charge in [-0.1, -0.05) is 59.3 Å². The van der Waals surface area contributed by atoms with Crippen molar-refractivity contribution >= 4 is 0 Å². The van der Waals surface area contributed by atoms with Crippen LogP contribution in [0.25, 0.3) is 0 Å². The van der Waals surface area contributed by atoms with E-state index < -0.39 is 0 Å². The summed E-state index contributed by atoms with van der Waals surface area (Å²) in [6.45, 7) is 6.75. The van der Waals surface area contributed by atoms with Gasteiger partial charge in [-0.3, -0.25) is 0 Å². The molecule has 2 unspecified atom stereocenters. The zero-order chi connectivity index (χ0) is 10.8. The molecule has 0 rings (SSSR count). The summed E-state index contributed by atoms with van der Waals surface area (Å²) in [4.78, 5) is 0. The maximum atomic E-state index is 6.01. The highest BCUT2D eigenvalue weighted by Gasteiger charge is 2.11. The van der Waals surface area contributed by atoms with Crippen LogP contribution in [0.1, 0.15) is 72.1 Å². The maximum absolute atomic E-state index is 6.01. The van der Waals surface area contributed by atoms with Crippen molar-refractivity contribution in [3.8, 4) is 0 Å². The topological polar surface area (TPSA) is 26.0 Å². The summed E-state index contributed by atoms with van der Waals surface area (Å²) in [5, 5.41) is 0. The maximum Gasteiger partial charge on any atom is 0.00388 e. The molecule has 0 spiro atoms. The molecular weight excluding hydrogens is 170 g/mol. The molecule has 0 aromatic rings. The summed E-state index contributed by atoms with van der Waals surface area (Å²) < 4.78 is 0. The van der Waals surface area contributed by atoms with Gasteiger partial charge in [0.15, 0.2) is 0 Å². The molecule has 0 aliphatic rings. The van der Waals surface area contributed by atoms with E-state index in [0.29, 0.717) is 6.04 Å². The fraction of sp³-hybridized carbons (Fsp3) is 1.00. The Kier molecular flexibility index (Phi) is 9.49. The van der Waals surface area contributed by atoms with Gasteiger partial charge in [0.2, 0.25) is 0 Å². The summed E-state index contributed by atoms with van der Waals surface area (Å²) in [5.41, 5.74) is 6.01. The lowest BCUT2D eigenvalue weighted by Crippen LogP contribution is -2.22.